The minimum absolute atomic E-state index is 0.0874. The van der Waals surface area contributed by atoms with Crippen LogP contribution in [-0.2, 0) is 21.0 Å². The summed E-state index contributed by atoms with van der Waals surface area (Å²) in [5.41, 5.74) is 3.57. The molecule has 2 heterocycles. The summed E-state index contributed by atoms with van der Waals surface area (Å²) in [6.07, 6.45) is -0.968. The lowest BCUT2D eigenvalue weighted by molar-refractivity contribution is -0.126. The zero-order valence-corrected chi connectivity index (χ0v) is 21.3. The zero-order valence-electron chi connectivity index (χ0n) is 21.3. The van der Waals surface area contributed by atoms with Crippen LogP contribution in [0, 0.1) is 5.92 Å². The maximum Gasteiger partial charge on any atom is 0.266 e. The Hall–Kier alpha value is -4.75. The van der Waals surface area contributed by atoms with Gasteiger partial charge in [-0.2, -0.15) is 0 Å². The highest BCUT2D eigenvalue weighted by Crippen LogP contribution is 2.47. The summed E-state index contributed by atoms with van der Waals surface area (Å²) in [7, 11) is 0. The van der Waals surface area contributed by atoms with E-state index in [9.17, 15) is 14.4 Å². The van der Waals surface area contributed by atoms with E-state index in [1.54, 1.807) is 29.3 Å². The van der Waals surface area contributed by atoms with E-state index in [4.69, 9.17) is 9.57 Å². The van der Waals surface area contributed by atoms with E-state index in [0.717, 1.165) is 16.8 Å². The largest absolute Gasteiger partial charge is 0.489 e. The smallest absolute Gasteiger partial charge is 0.266 e. The van der Waals surface area contributed by atoms with Crippen LogP contribution < -0.4 is 14.7 Å². The Morgan fingerprint density at radius 1 is 0.769 bits per heavy atom. The van der Waals surface area contributed by atoms with Gasteiger partial charge in [-0.1, -0.05) is 60.7 Å². The normalized spacial score (nSPS) is 20.3. The van der Waals surface area contributed by atoms with Gasteiger partial charge in [-0.25, -0.2) is 9.96 Å². The summed E-state index contributed by atoms with van der Waals surface area (Å²) >= 11 is 0. The molecule has 2 aliphatic heterocycles. The highest BCUT2D eigenvalue weighted by atomic mass is 16.7. The topological polar surface area (TPSA) is 76.2 Å². The average Bonchev–Trinajstić information content (AvgIpc) is 3.49. The molecule has 6 rings (SSSR count). The summed E-state index contributed by atoms with van der Waals surface area (Å²) in [4.78, 5) is 46.4. The van der Waals surface area contributed by atoms with Gasteiger partial charge in [0.1, 0.15) is 18.3 Å². The van der Waals surface area contributed by atoms with Gasteiger partial charge < -0.3 is 4.74 Å². The number of rotatable bonds is 7. The van der Waals surface area contributed by atoms with Crippen molar-refractivity contribution in [2.45, 2.75) is 25.7 Å². The molecule has 0 N–H and O–H groups in total. The molecule has 7 nitrogen and oxygen atoms in total. The number of ether oxygens (including phenoxy) is 1. The Morgan fingerprint density at radius 2 is 1.41 bits per heavy atom. The van der Waals surface area contributed by atoms with Gasteiger partial charge in [0.05, 0.1) is 17.4 Å². The highest BCUT2D eigenvalue weighted by Gasteiger charge is 2.60. The highest BCUT2D eigenvalue weighted by molar-refractivity contribution is 6.24. The molecule has 0 bridgehead atoms. The number of hydrogen-bond acceptors (Lipinski definition) is 6. The van der Waals surface area contributed by atoms with E-state index in [2.05, 4.69) is 0 Å². The lowest BCUT2D eigenvalue weighted by Crippen LogP contribution is -2.37. The molecule has 2 saturated heterocycles. The summed E-state index contributed by atoms with van der Waals surface area (Å²) in [6.45, 7) is 1.91. The number of para-hydroxylation sites is 1. The van der Waals surface area contributed by atoms with Gasteiger partial charge in [-0.3, -0.25) is 19.2 Å². The maximum atomic E-state index is 13.8. The number of Topliss-reactive ketones (excluding diaryl/α,β-unsaturated/α-hetero) is 1. The SMILES string of the molecule is CC(=O)c1ccc(N2C(=O)[C@H]3[C@H](ON(c4ccccc4)[C@H]3c3ccc(OCc4ccccc4)cc3)C2=O)cc1. The quantitative estimate of drug-likeness (QED) is 0.237. The Balaban J connectivity index is 1.30. The molecule has 2 fully saturated rings. The number of ketones is 1. The average molecular weight is 519 g/mol. The molecule has 0 saturated carbocycles. The lowest BCUT2D eigenvalue weighted by Gasteiger charge is -2.29. The van der Waals surface area contributed by atoms with Crippen LogP contribution >= 0.6 is 0 Å². The number of nitrogens with zero attached hydrogens (tertiary/aromatic N) is 2. The molecular formula is C32H26N2O5. The van der Waals surface area contributed by atoms with Gasteiger partial charge >= 0.3 is 0 Å². The third kappa shape index (κ3) is 4.57. The van der Waals surface area contributed by atoms with Crippen LogP contribution in [-0.4, -0.2) is 23.7 Å². The Morgan fingerprint density at radius 3 is 2.05 bits per heavy atom. The fourth-order valence-electron chi connectivity index (χ4n) is 5.15. The Labute approximate surface area is 226 Å². The first-order chi connectivity index (χ1) is 19.0. The molecule has 4 aromatic carbocycles. The van der Waals surface area contributed by atoms with Gasteiger partial charge in [0.2, 0.25) is 5.91 Å². The number of fused-ring (bicyclic) bond motifs is 1. The van der Waals surface area contributed by atoms with Gasteiger partial charge in [-0.05, 0) is 66.6 Å². The summed E-state index contributed by atoms with van der Waals surface area (Å²) < 4.78 is 5.95. The lowest BCUT2D eigenvalue weighted by atomic mass is 9.90. The summed E-state index contributed by atoms with van der Waals surface area (Å²) in [5.74, 6) is -0.901. The second-order valence-corrected chi connectivity index (χ2v) is 9.62. The van der Waals surface area contributed by atoms with Crippen LogP contribution in [0.1, 0.15) is 34.5 Å². The van der Waals surface area contributed by atoms with Crippen LogP contribution in [0.3, 0.4) is 0 Å². The van der Waals surface area contributed by atoms with Crippen molar-refractivity contribution in [1.29, 1.82) is 0 Å². The maximum absolute atomic E-state index is 13.8. The van der Waals surface area contributed by atoms with Gasteiger partial charge in [-0.15, -0.1) is 0 Å². The summed E-state index contributed by atoms with van der Waals surface area (Å²) in [6, 6.07) is 32.9. The van der Waals surface area contributed by atoms with Crippen LogP contribution in [0.15, 0.2) is 109 Å². The van der Waals surface area contributed by atoms with Crippen molar-refractivity contribution in [3.8, 4) is 5.75 Å². The number of hydroxylamine groups is 1. The predicted molar refractivity (Wildman–Crippen MR) is 146 cm³/mol. The van der Waals surface area contributed by atoms with E-state index in [1.165, 1.54) is 11.8 Å². The van der Waals surface area contributed by atoms with Crippen LogP contribution in [0.4, 0.5) is 11.4 Å². The van der Waals surface area contributed by atoms with Crippen LogP contribution in [0.25, 0.3) is 0 Å². The van der Waals surface area contributed by atoms with Gasteiger partial charge in [0.15, 0.2) is 11.9 Å². The minimum Gasteiger partial charge on any atom is -0.489 e. The van der Waals surface area contributed by atoms with Crippen molar-refractivity contribution in [1.82, 2.24) is 0 Å². The number of carbonyl (C=O) groups excluding carboxylic acids is 3. The molecule has 0 unspecified atom stereocenters. The van der Waals surface area contributed by atoms with E-state index < -0.39 is 24.0 Å². The molecule has 2 amide bonds. The number of benzene rings is 4. The Kier molecular flexibility index (Phi) is 6.42. The van der Waals surface area contributed by atoms with Gasteiger partial charge in [0, 0.05) is 5.56 Å². The molecule has 0 aromatic heterocycles. The first-order valence-electron chi connectivity index (χ1n) is 12.8. The van der Waals surface area contributed by atoms with Crippen molar-refractivity contribution in [3.05, 3.63) is 126 Å². The number of imide groups is 1. The predicted octanol–water partition coefficient (Wildman–Crippen LogP) is 5.52. The molecule has 3 atom stereocenters. The standard InChI is InChI=1S/C32H26N2O5/c1-21(35)23-12-16-25(17-13-23)33-31(36)28-29(34(39-30(28)32(33)37)26-10-6-3-7-11-26)24-14-18-27(19-15-24)38-20-22-8-4-2-5-9-22/h2-19,28-30H,20H2,1H3/t28-,29+,30+/m1/s1. The van der Waals surface area contributed by atoms with Crippen LogP contribution in [0.5, 0.6) is 5.75 Å². The number of hydrogen-bond donors (Lipinski definition) is 0. The molecule has 194 valence electrons. The fraction of sp³-hybridized carbons (Fsp3) is 0.156. The van der Waals surface area contributed by atoms with E-state index >= 15 is 0 Å². The molecule has 0 aliphatic carbocycles. The van der Waals surface area contributed by atoms with Crippen molar-refractivity contribution in [3.63, 3.8) is 0 Å². The van der Waals surface area contributed by atoms with Crippen molar-refractivity contribution >= 4 is 29.0 Å². The molecular weight excluding hydrogens is 492 g/mol. The van der Waals surface area contributed by atoms with Gasteiger partial charge in [0.25, 0.3) is 5.91 Å². The molecule has 39 heavy (non-hydrogen) atoms. The first kappa shape index (κ1) is 24.6. The third-order valence-electron chi connectivity index (χ3n) is 7.13. The second kappa shape index (κ2) is 10.2. The van der Waals surface area contributed by atoms with Crippen molar-refractivity contribution in [2.75, 3.05) is 9.96 Å². The number of amides is 2. The summed E-state index contributed by atoms with van der Waals surface area (Å²) in [5, 5.41) is 1.67. The van der Waals surface area contributed by atoms with Crippen molar-refractivity contribution in [2.24, 2.45) is 5.92 Å². The van der Waals surface area contributed by atoms with Crippen molar-refractivity contribution < 1.29 is 24.0 Å². The van der Waals surface area contributed by atoms with E-state index in [-0.39, 0.29) is 11.7 Å². The molecule has 0 spiro atoms. The first-order valence-corrected chi connectivity index (χ1v) is 12.8. The number of anilines is 2. The Bertz CT molecular complexity index is 1500. The number of carbonyl (C=O) groups is 3. The second-order valence-electron chi connectivity index (χ2n) is 9.62. The monoisotopic (exact) mass is 518 g/mol. The van der Waals surface area contributed by atoms with E-state index in [0.29, 0.717) is 23.6 Å². The van der Waals surface area contributed by atoms with E-state index in [1.807, 2.05) is 84.9 Å². The molecule has 2 aliphatic rings. The third-order valence-corrected chi connectivity index (χ3v) is 7.13. The molecule has 0 radical (unpaired) electrons. The van der Waals surface area contributed by atoms with Crippen LogP contribution in [0.2, 0.25) is 0 Å². The molecule has 7 heteroatoms. The minimum atomic E-state index is -0.968. The molecule has 4 aromatic rings. The fourth-order valence-corrected chi connectivity index (χ4v) is 5.15. The zero-order chi connectivity index (χ0) is 26.9.